The zero-order valence-electron chi connectivity index (χ0n) is 13.0. The Bertz CT molecular complexity index is 1080. The number of hydrogen-bond donors (Lipinski definition) is 0. The molecule has 0 fully saturated rings. The van der Waals surface area contributed by atoms with Crippen LogP contribution < -0.4 is 0 Å². The summed E-state index contributed by atoms with van der Waals surface area (Å²) in [6.07, 6.45) is 2.73. The Hall–Kier alpha value is -3.87. The average Bonchev–Trinajstić information content (AvgIpc) is 3.08. The molecule has 0 unspecified atom stereocenters. The van der Waals surface area contributed by atoms with Crippen LogP contribution >= 0.6 is 0 Å². The first kappa shape index (κ1) is 15.6. The van der Waals surface area contributed by atoms with Crippen molar-refractivity contribution < 1.29 is 33.4 Å². The fraction of sp³-hybridized carbons (Fsp3) is 0. The second kappa shape index (κ2) is 5.59. The summed E-state index contributed by atoms with van der Waals surface area (Å²) in [7, 11) is 0. The van der Waals surface area contributed by atoms with Gasteiger partial charge in [-0.25, -0.2) is 19.2 Å². The van der Waals surface area contributed by atoms with Crippen LogP contribution in [0, 0.1) is 0 Å². The molecular formula is C19H8O7. The number of cyclic esters (lactones) is 4. The van der Waals surface area contributed by atoms with Gasteiger partial charge in [-0.1, -0.05) is 18.2 Å². The third-order valence-corrected chi connectivity index (χ3v) is 4.03. The molecule has 0 saturated heterocycles. The van der Waals surface area contributed by atoms with E-state index in [1.807, 2.05) is 0 Å². The first-order chi connectivity index (χ1) is 12.4. The minimum absolute atomic E-state index is 0.0491. The van der Waals surface area contributed by atoms with Crippen molar-refractivity contribution in [3.05, 3.63) is 75.9 Å². The highest BCUT2D eigenvalue weighted by atomic mass is 16.6. The van der Waals surface area contributed by atoms with Gasteiger partial charge in [-0.05, 0) is 35.9 Å². The number of hydrogen-bond acceptors (Lipinski definition) is 7. The molecule has 7 heteroatoms. The average molecular weight is 348 g/mol. The van der Waals surface area contributed by atoms with Crippen molar-refractivity contribution in [2.75, 3.05) is 0 Å². The van der Waals surface area contributed by atoms with Gasteiger partial charge in [0.25, 0.3) is 0 Å². The number of carbonyl (C=O) groups is 5. The van der Waals surface area contributed by atoms with E-state index in [4.69, 9.17) is 0 Å². The summed E-state index contributed by atoms with van der Waals surface area (Å²) in [6.45, 7) is 0. The van der Waals surface area contributed by atoms with E-state index in [1.54, 1.807) is 6.07 Å². The lowest BCUT2D eigenvalue weighted by atomic mass is 10.0. The van der Waals surface area contributed by atoms with Gasteiger partial charge in [0.2, 0.25) is 0 Å². The molecule has 0 aliphatic carbocycles. The predicted molar refractivity (Wildman–Crippen MR) is 85.7 cm³/mol. The van der Waals surface area contributed by atoms with Crippen molar-refractivity contribution in [1.82, 2.24) is 0 Å². The number of esters is 4. The van der Waals surface area contributed by atoms with E-state index in [2.05, 4.69) is 9.47 Å². The number of allylic oxidation sites excluding steroid dienone is 1. The maximum Gasteiger partial charge on any atom is 0.346 e. The van der Waals surface area contributed by atoms with Crippen LogP contribution in [0.25, 0.3) is 6.08 Å². The maximum atomic E-state index is 12.3. The molecule has 0 spiro atoms. The van der Waals surface area contributed by atoms with Crippen molar-refractivity contribution in [3.63, 3.8) is 0 Å². The molecule has 0 bridgehead atoms. The Morgan fingerprint density at radius 2 is 1.23 bits per heavy atom. The van der Waals surface area contributed by atoms with Crippen molar-refractivity contribution in [2.45, 2.75) is 0 Å². The minimum atomic E-state index is -0.787. The van der Waals surface area contributed by atoms with Gasteiger partial charge in [-0.15, -0.1) is 0 Å². The quantitative estimate of drug-likeness (QED) is 0.362. The third-order valence-electron chi connectivity index (χ3n) is 4.03. The summed E-state index contributed by atoms with van der Waals surface area (Å²) in [4.78, 5) is 58.2. The Kier molecular flexibility index (Phi) is 3.37. The summed E-state index contributed by atoms with van der Waals surface area (Å²) < 4.78 is 8.98. The maximum absolute atomic E-state index is 12.3. The molecule has 4 rings (SSSR count). The van der Waals surface area contributed by atoms with Crippen LogP contribution in [0.2, 0.25) is 0 Å². The van der Waals surface area contributed by atoms with Crippen LogP contribution in [0.3, 0.4) is 0 Å². The molecule has 2 heterocycles. The van der Waals surface area contributed by atoms with E-state index in [-0.39, 0.29) is 27.8 Å². The zero-order valence-corrected chi connectivity index (χ0v) is 13.0. The monoisotopic (exact) mass is 348 g/mol. The number of rotatable bonds is 3. The third kappa shape index (κ3) is 2.42. The molecule has 2 aromatic carbocycles. The Labute approximate surface area is 145 Å². The molecule has 0 aromatic heterocycles. The standard InChI is InChI=1S/C19H8O7/c20-15(10-3-5-12-14(8-10)19(24)26-17(12)22)6-2-9-1-4-11-13(7-9)18(23)25-16(11)21/h1-8H. The highest BCUT2D eigenvalue weighted by molar-refractivity contribution is 6.17. The van der Waals surface area contributed by atoms with Crippen LogP contribution in [0.5, 0.6) is 0 Å². The van der Waals surface area contributed by atoms with E-state index in [0.717, 1.165) is 0 Å². The summed E-state index contributed by atoms with van der Waals surface area (Å²) in [5.41, 5.74) is 1.23. The van der Waals surface area contributed by atoms with E-state index in [9.17, 15) is 24.0 Å². The molecule has 0 atom stereocenters. The summed E-state index contributed by atoms with van der Waals surface area (Å²) in [5.74, 6) is -3.35. The normalized spacial score (nSPS) is 15.1. The molecule has 2 aliphatic rings. The molecule has 0 N–H and O–H groups in total. The second-order valence-electron chi connectivity index (χ2n) is 5.62. The highest BCUT2D eigenvalue weighted by Gasteiger charge is 2.30. The van der Waals surface area contributed by atoms with Crippen molar-refractivity contribution >= 4 is 35.7 Å². The van der Waals surface area contributed by atoms with Crippen molar-refractivity contribution in [1.29, 1.82) is 0 Å². The molecule has 2 aromatic rings. The van der Waals surface area contributed by atoms with Gasteiger partial charge in [0.05, 0.1) is 22.3 Å². The van der Waals surface area contributed by atoms with Crippen molar-refractivity contribution in [2.24, 2.45) is 0 Å². The molecule has 126 valence electrons. The van der Waals surface area contributed by atoms with Gasteiger partial charge in [0.15, 0.2) is 5.78 Å². The van der Waals surface area contributed by atoms with Gasteiger partial charge in [-0.3, -0.25) is 4.79 Å². The lowest BCUT2D eigenvalue weighted by molar-refractivity contribution is 0.0425. The van der Waals surface area contributed by atoms with Crippen LogP contribution in [0.1, 0.15) is 57.4 Å². The van der Waals surface area contributed by atoms with Crippen LogP contribution in [0.15, 0.2) is 42.5 Å². The number of ketones is 1. The highest BCUT2D eigenvalue weighted by Crippen LogP contribution is 2.23. The molecule has 26 heavy (non-hydrogen) atoms. The largest absolute Gasteiger partial charge is 0.386 e. The Morgan fingerprint density at radius 3 is 1.88 bits per heavy atom. The number of fused-ring (bicyclic) bond motifs is 2. The SMILES string of the molecule is O=C(C=Cc1ccc2c(c1)C(=O)OC2=O)c1ccc2c(c1)C(=O)OC2=O. The van der Waals surface area contributed by atoms with Gasteiger partial charge in [-0.2, -0.15) is 0 Å². The minimum Gasteiger partial charge on any atom is -0.386 e. The van der Waals surface area contributed by atoms with E-state index in [1.165, 1.54) is 42.5 Å². The molecule has 0 amide bonds. The second-order valence-corrected chi connectivity index (χ2v) is 5.62. The number of benzene rings is 2. The topological polar surface area (TPSA) is 104 Å². The number of ether oxygens (including phenoxy) is 2. The zero-order chi connectivity index (χ0) is 18.4. The first-order valence-electron chi connectivity index (χ1n) is 7.47. The smallest absolute Gasteiger partial charge is 0.346 e. The van der Waals surface area contributed by atoms with Gasteiger partial charge < -0.3 is 9.47 Å². The van der Waals surface area contributed by atoms with E-state index < -0.39 is 29.7 Å². The van der Waals surface area contributed by atoms with E-state index in [0.29, 0.717) is 5.56 Å². The Balaban J connectivity index is 1.60. The molecular weight excluding hydrogens is 340 g/mol. The Morgan fingerprint density at radius 1 is 0.692 bits per heavy atom. The van der Waals surface area contributed by atoms with Crippen LogP contribution in [-0.2, 0) is 9.47 Å². The summed E-state index contributed by atoms with van der Waals surface area (Å²) in [6, 6.07) is 8.55. The van der Waals surface area contributed by atoms with Crippen LogP contribution in [0.4, 0.5) is 0 Å². The van der Waals surface area contributed by atoms with Crippen LogP contribution in [-0.4, -0.2) is 29.7 Å². The van der Waals surface area contributed by atoms with Gasteiger partial charge in [0.1, 0.15) is 0 Å². The first-order valence-corrected chi connectivity index (χ1v) is 7.47. The summed E-state index contributed by atoms with van der Waals surface area (Å²) >= 11 is 0. The number of carbonyl (C=O) groups excluding carboxylic acids is 5. The molecule has 0 saturated carbocycles. The summed E-state index contributed by atoms with van der Waals surface area (Å²) in [5, 5.41) is 0. The lowest BCUT2D eigenvalue weighted by Crippen LogP contribution is -1.99. The van der Waals surface area contributed by atoms with Gasteiger partial charge in [0, 0.05) is 5.56 Å². The van der Waals surface area contributed by atoms with Gasteiger partial charge >= 0.3 is 23.9 Å². The molecule has 0 radical (unpaired) electrons. The fourth-order valence-corrected chi connectivity index (χ4v) is 2.71. The molecule has 7 nitrogen and oxygen atoms in total. The van der Waals surface area contributed by atoms with Crippen molar-refractivity contribution in [3.8, 4) is 0 Å². The lowest BCUT2D eigenvalue weighted by Gasteiger charge is -1.99. The molecule has 2 aliphatic heterocycles. The fourth-order valence-electron chi connectivity index (χ4n) is 2.71. The van der Waals surface area contributed by atoms with E-state index >= 15 is 0 Å². The predicted octanol–water partition coefficient (Wildman–Crippen LogP) is 2.20.